The van der Waals surface area contributed by atoms with Crippen LogP contribution in [0.4, 0.5) is 8.78 Å². The second-order valence-corrected chi connectivity index (χ2v) is 6.10. The van der Waals surface area contributed by atoms with Gasteiger partial charge in [-0.05, 0) is 35.9 Å². The Hall–Kier alpha value is -3.41. The Morgan fingerprint density at radius 1 is 1.19 bits per heavy atom. The number of halogens is 2. The number of benzene rings is 2. The number of aromatic nitrogens is 2. The van der Waals surface area contributed by atoms with E-state index in [0.29, 0.717) is 11.4 Å². The summed E-state index contributed by atoms with van der Waals surface area (Å²) in [7, 11) is 1.82. The standard InChI is InChI=1S/C21H20F2N4/c1-15(27-14-25-20-6-4-5-7-21(20)27)8-9-26(3)16(2)24-13-17-10-18(22)12-19(23)11-17/h4-12,14,24H,1-2,13H2,3H3/b9-8-. The summed E-state index contributed by atoms with van der Waals surface area (Å²) < 4.78 is 28.4. The van der Waals surface area contributed by atoms with Crippen molar-refractivity contribution in [2.45, 2.75) is 6.54 Å². The lowest BCUT2D eigenvalue weighted by atomic mass is 10.2. The first-order valence-electron chi connectivity index (χ1n) is 8.34. The predicted molar refractivity (Wildman–Crippen MR) is 104 cm³/mol. The van der Waals surface area contributed by atoms with Gasteiger partial charge in [0.1, 0.15) is 18.0 Å². The van der Waals surface area contributed by atoms with Crippen LogP contribution < -0.4 is 5.32 Å². The highest BCUT2D eigenvalue weighted by atomic mass is 19.1. The van der Waals surface area contributed by atoms with Crippen molar-refractivity contribution in [2.24, 2.45) is 0 Å². The van der Waals surface area contributed by atoms with Crippen LogP contribution in [0.5, 0.6) is 0 Å². The Bertz CT molecular complexity index is 1000. The van der Waals surface area contributed by atoms with Gasteiger partial charge in [0, 0.05) is 31.6 Å². The predicted octanol–water partition coefficient (Wildman–Crippen LogP) is 4.49. The van der Waals surface area contributed by atoms with Crippen LogP contribution in [-0.4, -0.2) is 21.5 Å². The third-order valence-corrected chi connectivity index (χ3v) is 4.10. The first-order chi connectivity index (χ1) is 12.9. The molecule has 0 saturated carbocycles. The Morgan fingerprint density at radius 2 is 1.89 bits per heavy atom. The second kappa shape index (κ2) is 7.86. The van der Waals surface area contributed by atoms with Gasteiger partial charge in [-0.1, -0.05) is 25.3 Å². The molecule has 138 valence electrons. The summed E-state index contributed by atoms with van der Waals surface area (Å²) in [6.07, 6.45) is 5.37. The van der Waals surface area contributed by atoms with Crippen LogP contribution in [0.1, 0.15) is 5.56 Å². The molecule has 0 radical (unpaired) electrons. The summed E-state index contributed by atoms with van der Waals surface area (Å²) >= 11 is 0. The maximum Gasteiger partial charge on any atom is 0.126 e. The molecule has 6 heteroatoms. The molecule has 0 aliphatic heterocycles. The van der Waals surface area contributed by atoms with Gasteiger partial charge in [0.2, 0.25) is 0 Å². The molecule has 3 aromatic rings. The van der Waals surface area contributed by atoms with E-state index in [9.17, 15) is 8.78 Å². The maximum atomic E-state index is 13.2. The minimum absolute atomic E-state index is 0.263. The molecule has 27 heavy (non-hydrogen) atoms. The molecule has 0 spiro atoms. The number of rotatable bonds is 7. The molecule has 1 heterocycles. The molecule has 3 rings (SSSR count). The third kappa shape index (κ3) is 4.41. The van der Waals surface area contributed by atoms with Gasteiger partial charge < -0.3 is 10.2 Å². The fraction of sp³-hybridized carbons (Fsp3) is 0.0952. The van der Waals surface area contributed by atoms with Gasteiger partial charge in [-0.2, -0.15) is 0 Å². The summed E-state index contributed by atoms with van der Waals surface area (Å²) in [5.74, 6) is -0.622. The molecule has 0 saturated heterocycles. The van der Waals surface area contributed by atoms with E-state index in [2.05, 4.69) is 23.5 Å². The second-order valence-electron chi connectivity index (χ2n) is 6.10. The van der Waals surface area contributed by atoms with Crippen LogP contribution in [-0.2, 0) is 6.54 Å². The Morgan fingerprint density at radius 3 is 2.63 bits per heavy atom. The summed E-state index contributed by atoms with van der Waals surface area (Å²) in [4.78, 5) is 6.11. The van der Waals surface area contributed by atoms with Crippen molar-refractivity contribution in [3.8, 4) is 0 Å². The van der Waals surface area contributed by atoms with Gasteiger partial charge in [-0.3, -0.25) is 4.57 Å². The van der Waals surface area contributed by atoms with Gasteiger partial charge in [-0.15, -0.1) is 0 Å². The molecular formula is C21H20F2N4. The Labute approximate surface area is 156 Å². The van der Waals surface area contributed by atoms with Crippen LogP contribution >= 0.6 is 0 Å². The zero-order valence-electron chi connectivity index (χ0n) is 15.0. The smallest absolute Gasteiger partial charge is 0.126 e. The number of fused-ring (bicyclic) bond motifs is 1. The SMILES string of the molecule is C=C(NCc1cc(F)cc(F)c1)N(C)/C=C\C(=C)n1cnc2ccccc21. The minimum Gasteiger partial charge on any atom is -0.368 e. The van der Waals surface area contributed by atoms with Crippen LogP contribution in [0.2, 0.25) is 0 Å². The molecule has 1 aromatic heterocycles. The van der Waals surface area contributed by atoms with Crippen molar-refractivity contribution in [3.63, 3.8) is 0 Å². The van der Waals surface area contributed by atoms with Gasteiger partial charge >= 0.3 is 0 Å². The van der Waals surface area contributed by atoms with Gasteiger partial charge in [-0.25, -0.2) is 13.8 Å². The van der Waals surface area contributed by atoms with Crippen LogP contribution in [0.25, 0.3) is 16.7 Å². The van der Waals surface area contributed by atoms with Crippen molar-refractivity contribution >= 4 is 16.7 Å². The van der Waals surface area contributed by atoms with E-state index < -0.39 is 11.6 Å². The number of allylic oxidation sites excluding steroid dienone is 2. The maximum absolute atomic E-state index is 13.2. The van der Waals surface area contributed by atoms with Crippen LogP contribution in [0.3, 0.4) is 0 Å². The summed E-state index contributed by atoms with van der Waals surface area (Å²) in [5.41, 5.74) is 3.12. The highest BCUT2D eigenvalue weighted by Crippen LogP contribution is 2.17. The third-order valence-electron chi connectivity index (χ3n) is 4.10. The van der Waals surface area contributed by atoms with Crippen LogP contribution in [0.15, 0.2) is 80.0 Å². The zero-order chi connectivity index (χ0) is 19.4. The molecule has 4 nitrogen and oxygen atoms in total. The molecule has 0 atom stereocenters. The van der Waals surface area contributed by atoms with E-state index in [1.165, 1.54) is 12.1 Å². The van der Waals surface area contributed by atoms with Crippen molar-refractivity contribution in [3.05, 3.63) is 97.2 Å². The normalized spacial score (nSPS) is 11.1. The van der Waals surface area contributed by atoms with E-state index in [-0.39, 0.29) is 6.54 Å². The minimum atomic E-state index is -0.602. The van der Waals surface area contributed by atoms with Crippen molar-refractivity contribution < 1.29 is 8.78 Å². The average molecular weight is 366 g/mol. The van der Waals surface area contributed by atoms with E-state index in [4.69, 9.17) is 0 Å². The number of hydrogen-bond donors (Lipinski definition) is 1. The molecule has 0 unspecified atom stereocenters. The topological polar surface area (TPSA) is 33.1 Å². The zero-order valence-corrected chi connectivity index (χ0v) is 15.0. The molecule has 0 aliphatic carbocycles. The molecule has 0 aliphatic rings. The number of nitrogens with zero attached hydrogens (tertiary/aromatic N) is 3. The number of nitrogens with one attached hydrogen (secondary N) is 1. The summed E-state index contributed by atoms with van der Waals surface area (Å²) in [5, 5.41) is 3.04. The number of imidazole rings is 1. The lowest BCUT2D eigenvalue weighted by Crippen LogP contribution is -2.23. The van der Waals surface area contributed by atoms with Crippen molar-refractivity contribution in [2.75, 3.05) is 7.05 Å². The van der Waals surface area contributed by atoms with Gasteiger partial charge in [0.25, 0.3) is 0 Å². The molecule has 0 amide bonds. The lowest BCUT2D eigenvalue weighted by molar-refractivity contribution is 0.504. The van der Waals surface area contributed by atoms with Crippen molar-refractivity contribution in [1.29, 1.82) is 0 Å². The van der Waals surface area contributed by atoms with Crippen molar-refractivity contribution in [1.82, 2.24) is 19.8 Å². The fourth-order valence-electron chi connectivity index (χ4n) is 2.60. The lowest BCUT2D eigenvalue weighted by Gasteiger charge is -2.19. The van der Waals surface area contributed by atoms with E-state index in [0.717, 1.165) is 22.8 Å². The molecule has 0 fully saturated rings. The van der Waals surface area contributed by atoms with E-state index >= 15 is 0 Å². The quantitative estimate of drug-likeness (QED) is 0.626. The number of para-hydroxylation sites is 2. The van der Waals surface area contributed by atoms with Gasteiger partial charge in [0.05, 0.1) is 16.9 Å². The van der Waals surface area contributed by atoms with Crippen LogP contribution in [0, 0.1) is 11.6 Å². The monoisotopic (exact) mass is 366 g/mol. The highest BCUT2D eigenvalue weighted by molar-refractivity contribution is 5.80. The summed E-state index contributed by atoms with van der Waals surface area (Å²) in [6.45, 7) is 8.26. The highest BCUT2D eigenvalue weighted by Gasteiger charge is 2.04. The first kappa shape index (κ1) is 18.4. The molecule has 0 bridgehead atoms. The molecule has 2 aromatic carbocycles. The van der Waals surface area contributed by atoms with E-state index in [1.807, 2.05) is 42.0 Å². The Kier molecular flexibility index (Phi) is 5.35. The number of hydrogen-bond acceptors (Lipinski definition) is 3. The first-order valence-corrected chi connectivity index (χ1v) is 8.34. The fourth-order valence-corrected chi connectivity index (χ4v) is 2.60. The van der Waals surface area contributed by atoms with E-state index in [1.54, 1.807) is 17.4 Å². The largest absolute Gasteiger partial charge is 0.368 e. The Balaban J connectivity index is 1.61. The summed E-state index contributed by atoms with van der Waals surface area (Å²) in [6, 6.07) is 11.2. The average Bonchev–Trinajstić information content (AvgIpc) is 3.07. The molecular weight excluding hydrogens is 346 g/mol. The molecule has 1 N–H and O–H groups in total. The van der Waals surface area contributed by atoms with Gasteiger partial charge in [0.15, 0.2) is 0 Å².